The SMILES string of the molecule is Cc1ccc2c(c1)C(N1CCN(C(=O)C(C)C)C(C)C1)=Nc1cc(C(F)(F)F)ccc1O2. The third kappa shape index (κ3) is 4.18. The predicted molar refractivity (Wildman–Crippen MR) is 116 cm³/mol. The number of rotatable bonds is 1. The van der Waals surface area contributed by atoms with Crippen LogP contribution in [0.3, 0.4) is 0 Å². The molecule has 32 heavy (non-hydrogen) atoms. The van der Waals surface area contributed by atoms with Gasteiger partial charge in [0.2, 0.25) is 5.91 Å². The van der Waals surface area contributed by atoms with Gasteiger partial charge in [0.15, 0.2) is 5.75 Å². The molecule has 1 unspecified atom stereocenters. The number of piperazine rings is 1. The highest BCUT2D eigenvalue weighted by atomic mass is 19.4. The molecule has 0 radical (unpaired) electrons. The van der Waals surface area contributed by atoms with E-state index in [1.165, 1.54) is 6.07 Å². The first-order valence-electron chi connectivity index (χ1n) is 10.7. The van der Waals surface area contributed by atoms with Crippen molar-refractivity contribution < 1.29 is 22.7 Å². The van der Waals surface area contributed by atoms with Crippen molar-refractivity contribution in [3.63, 3.8) is 0 Å². The number of alkyl halides is 3. The van der Waals surface area contributed by atoms with Gasteiger partial charge in [-0.1, -0.05) is 25.5 Å². The van der Waals surface area contributed by atoms with Crippen LogP contribution in [0.2, 0.25) is 0 Å². The molecule has 0 N–H and O–H groups in total. The maximum atomic E-state index is 13.3. The van der Waals surface area contributed by atoms with Crippen LogP contribution in [0.15, 0.2) is 41.4 Å². The van der Waals surface area contributed by atoms with Crippen LogP contribution in [-0.4, -0.2) is 47.2 Å². The van der Waals surface area contributed by atoms with Crippen molar-refractivity contribution in [1.82, 2.24) is 9.80 Å². The van der Waals surface area contributed by atoms with E-state index in [0.717, 1.165) is 23.3 Å². The van der Waals surface area contributed by atoms with E-state index in [4.69, 9.17) is 4.74 Å². The van der Waals surface area contributed by atoms with Gasteiger partial charge in [-0.15, -0.1) is 0 Å². The Bertz CT molecular complexity index is 1080. The fourth-order valence-corrected chi connectivity index (χ4v) is 4.12. The number of carbonyl (C=O) groups excluding carboxylic acids is 1. The Kier molecular flexibility index (Phi) is 5.65. The van der Waals surface area contributed by atoms with E-state index in [1.54, 1.807) is 0 Å². The average Bonchev–Trinajstić information content (AvgIpc) is 2.88. The Balaban J connectivity index is 1.77. The number of hydrogen-bond acceptors (Lipinski definition) is 4. The molecule has 0 aliphatic carbocycles. The summed E-state index contributed by atoms with van der Waals surface area (Å²) in [4.78, 5) is 21.1. The number of aliphatic imine (C=N–C) groups is 1. The van der Waals surface area contributed by atoms with Crippen LogP contribution < -0.4 is 4.74 Å². The third-order valence-electron chi connectivity index (χ3n) is 5.81. The molecule has 1 amide bonds. The number of amidine groups is 1. The van der Waals surface area contributed by atoms with Gasteiger partial charge in [0.1, 0.15) is 17.3 Å². The third-order valence-corrected chi connectivity index (χ3v) is 5.81. The molecule has 4 rings (SSSR count). The highest BCUT2D eigenvalue weighted by Crippen LogP contribution is 2.42. The number of fused-ring (bicyclic) bond motifs is 2. The Morgan fingerprint density at radius 1 is 1.12 bits per heavy atom. The van der Waals surface area contributed by atoms with E-state index in [0.29, 0.717) is 31.2 Å². The Morgan fingerprint density at radius 3 is 2.50 bits per heavy atom. The van der Waals surface area contributed by atoms with Crippen LogP contribution in [0.4, 0.5) is 18.9 Å². The van der Waals surface area contributed by atoms with Crippen LogP contribution in [0.1, 0.15) is 37.5 Å². The Hall–Kier alpha value is -3.03. The lowest BCUT2D eigenvalue weighted by atomic mass is 10.1. The van der Waals surface area contributed by atoms with Crippen LogP contribution in [-0.2, 0) is 11.0 Å². The molecule has 2 aliphatic rings. The summed E-state index contributed by atoms with van der Waals surface area (Å²) in [5.74, 6) is 1.38. The summed E-state index contributed by atoms with van der Waals surface area (Å²) in [5, 5.41) is 0. The quantitative estimate of drug-likeness (QED) is 0.592. The molecule has 0 bridgehead atoms. The first-order chi connectivity index (χ1) is 15.0. The van der Waals surface area contributed by atoms with Gasteiger partial charge in [0, 0.05) is 31.6 Å². The van der Waals surface area contributed by atoms with Crippen molar-refractivity contribution in [2.75, 3.05) is 19.6 Å². The fourth-order valence-electron chi connectivity index (χ4n) is 4.12. The summed E-state index contributed by atoms with van der Waals surface area (Å²) in [6.45, 7) is 9.26. The number of nitrogens with zero attached hydrogens (tertiary/aromatic N) is 3. The first kappa shape index (κ1) is 22.2. The number of ether oxygens (including phenoxy) is 1. The van der Waals surface area contributed by atoms with Crippen molar-refractivity contribution in [3.05, 3.63) is 53.1 Å². The molecule has 2 aromatic carbocycles. The van der Waals surface area contributed by atoms with Gasteiger partial charge in [0.25, 0.3) is 0 Å². The van der Waals surface area contributed by atoms with Crippen molar-refractivity contribution in [1.29, 1.82) is 0 Å². The molecular formula is C24H26F3N3O2. The number of carbonyl (C=O) groups is 1. The number of amides is 1. The second kappa shape index (κ2) is 8.15. The van der Waals surface area contributed by atoms with E-state index in [1.807, 2.05) is 55.7 Å². The lowest BCUT2D eigenvalue weighted by molar-refractivity contribution is -0.138. The summed E-state index contributed by atoms with van der Waals surface area (Å²) in [5.41, 5.74) is 1.08. The van der Waals surface area contributed by atoms with E-state index in [9.17, 15) is 18.0 Å². The molecule has 1 atom stereocenters. The molecule has 5 nitrogen and oxygen atoms in total. The van der Waals surface area contributed by atoms with E-state index < -0.39 is 11.7 Å². The van der Waals surface area contributed by atoms with E-state index >= 15 is 0 Å². The van der Waals surface area contributed by atoms with Gasteiger partial charge < -0.3 is 14.5 Å². The van der Waals surface area contributed by atoms with E-state index in [2.05, 4.69) is 4.99 Å². The topological polar surface area (TPSA) is 45.1 Å². The predicted octanol–water partition coefficient (Wildman–Crippen LogP) is 5.39. The molecule has 0 spiro atoms. The molecular weight excluding hydrogens is 419 g/mol. The monoisotopic (exact) mass is 445 g/mol. The molecule has 2 aliphatic heterocycles. The van der Waals surface area contributed by atoms with Gasteiger partial charge >= 0.3 is 6.18 Å². The number of halogens is 3. The maximum Gasteiger partial charge on any atom is 0.416 e. The first-order valence-corrected chi connectivity index (χ1v) is 10.7. The molecule has 170 valence electrons. The van der Waals surface area contributed by atoms with E-state index in [-0.39, 0.29) is 29.3 Å². The lowest BCUT2D eigenvalue weighted by Crippen LogP contribution is -2.56. The molecule has 8 heteroatoms. The minimum atomic E-state index is -4.47. The largest absolute Gasteiger partial charge is 0.454 e. The zero-order valence-electron chi connectivity index (χ0n) is 18.5. The zero-order valence-corrected chi connectivity index (χ0v) is 18.5. The van der Waals surface area contributed by atoms with Crippen molar-refractivity contribution in [2.24, 2.45) is 10.9 Å². The number of aryl methyl sites for hydroxylation is 1. The smallest absolute Gasteiger partial charge is 0.416 e. The van der Waals surface area contributed by atoms with Crippen molar-refractivity contribution in [3.8, 4) is 11.5 Å². The molecule has 0 aromatic heterocycles. The highest BCUT2D eigenvalue weighted by molar-refractivity contribution is 6.04. The van der Waals surface area contributed by atoms with Gasteiger partial charge in [-0.3, -0.25) is 4.79 Å². The van der Waals surface area contributed by atoms with Gasteiger partial charge in [0.05, 0.1) is 11.1 Å². The zero-order chi connectivity index (χ0) is 23.2. The van der Waals surface area contributed by atoms with Gasteiger partial charge in [-0.05, 0) is 44.2 Å². The summed E-state index contributed by atoms with van der Waals surface area (Å²) in [6.07, 6.45) is -4.47. The van der Waals surface area contributed by atoms with Crippen molar-refractivity contribution >= 4 is 17.4 Å². The molecule has 2 aromatic rings. The second-order valence-electron chi connectivity index (χ2n) is 8.70. The molecule has 0 saturated carbocycles. The lowest BCUT2D eigenvalue weighted by Gasteiger charge is -2.42. The minimum Gasteiger partial charge on any atom is -0.454 e. The highest BCUT2D eigenvalue weighted by Gasteiger charge is 2.34. The maximum absolute atomic E-state index is 13.3. The standard InChI is InChI=1S/C24H26F3N3O2/c1-14(2)23(31)30-10-9-29(13-16(30)4)22-18-11-15(3)5-7-20(18)32-21-8-6-17(24(25,26)27)12-19(21)28-22/h5-8,11-12,14,16H,9-10,13H2,1-4H3. The summed E-state index contributed by atoms with van der Waals surface area (Å²) >= 11 is 0. The number of hydrogen-bond donors (Lipinski definition) is 0. The molecule has 2 heterocycles. The fraction of sp³-hybridized carbons (Fsp3) is 0.417. The Morgan fingerprint density at radius 2 is 1.84 bits per heavy atom. The van der Waals surface area contributed by atoms with Crippen LogP contribution in [0.5, 0.6) is 11.5 Å². The molecule has 1 fully saturated rings. The van der Waals surface area contributed by atoms with Crippen LogP contribution >= 0.6 is 0 Å². The minimum absolute atomic E-state index is 0.0558. The number of benzene rings is 2. The van der Waals surface area contributed by atoms with Gasteiger partial charge in [-0.2, -0.15) is 13.2 Å². The second-order valence-corrected chi connectivity index (χ2v) is 8.70. The summed E-state index contributed by atoms with van der Waals surface area (Å²) < 4.78 is 46.0. The molecule has 1 saturated heterocycles. The average molecular weight is 445 g/mol. The van der Waals surface area contributed by atoms with Gasteiger partial charge in [-0.25, -0.2) is 4.99 Å². The van der Waals surface area contributed by atoms with Crippen LogP contribution in [0, 0.1) is 12.8 Å². The Labute approximate surface area is 185 Å². The summed E-state index contributed by atoms with van der Waals surface area (Å²) in [6, 6.07) is 8.93. The normalized spacial score (nSPS) is 18.5. The van der Waals surface area contributed by atoms with Crippen molar-refractivity contribution in [2.45, 2.75) is 39.9 Å². The van der Waals surface area contributed by atoms with Crippen LogP contribution in [0.25, 0.3) is 0 Å². The summed E-state index contributed by atoms with van der Waals surface area (Å²) in [7, 11) is 0.